The number of ether oxygens (including phenoxy) is 1. The molecule has 2 aliphatic heterocycles. The van der Waals surface area contributed by atoms with E-state index < -0.39 is 9.84 Å². The topological polar surface area (TPSA) is 75.7 Å². The zero-order valence-corrected chi connectivity index (χ0v) is 12.8. The van der Waals surface area contributed by atoms with E-state index in [4.69, 9.17) is 4.74 Å². The summed E-state index contributed by atoms with van der Waals surface area (Å²) in [5, 5.41) is 3.24. The van der Waals surface area contributed by atoms with Gasteiger partial charge < -0.3 is 15.0 Å². The molecule has 2 saturated heterocycles. The maximum atomic E-state index is 12.6. The second-order valence-electron chi connectivity index (χ2n) is 5.58. The van der Waals surface area contributed by atoms with E-state index in [0.29, 0.717) is 19.6 Å². The van der Waals surface area contributed by atoms with Crippen molar-refractivity contribution in [3.8, 4) is 0 Å². The number of carbonyl (C=O) groups excluding carboxylic acids is 1. The van der Waals surface area contributed by atoms with Gasteiger partial charge in [0.2, 0.25) is 5.91 Å². The van der Waals surface area contributed by atoms with Crippen LogP contribution in [0.25, 0.3) is 0 Å². The second-order valence-corrected chi connectivity index (χ2v) is 7.81. The molecular formula is C13H24N2O4S. The van der Waals surface area contributed by atoms with Crippen LogP contribution in [0.4, 0.5) is 0 Å². The van der Waals surface area contributed by atoms with Crippen molar-refractivity contribution in [1.82, 2.24) is 10.2 Å². The molecule has 2 heterocycles. The van der Waals surface area contributed by atoms with Gasteiger partial charge in [-0.3, -0.25) is 4.79 Å². The van der Waals surface area contributed by atoms with E-state index in [1.54, 1.807) is 12.0 Å². The van der Waals surface area contributed by atoms with E-state index in [1.165, 1.54) is 0 Å². The smallest absolute Gasteiger partial charge is 0.240 e. The van der Waals surface area contributed by atoms with E-state index in [0.717, 1.165) is 25.8 Å². The van der Waals surface area contributed by atoms with Crippen molar-refractivity contribution in [3.63, 3.8) is 0 Å². The maximum Gasteiger partial charge on any atom is 0.240 e. The normalized spacial score (nSPS) is 29.2. The summed E-state index contributed by atoms with van der Waals surface area (Å²) >= 11 is 0. The molecule has 0 aromatic heterocycles. The molecule has 20 heavy (non-hydrogen) atoms. The Bertz CT molecular complexity index is 432. The van der Waals surface area contributed by atoms with Gasteiger partial charge in [-0.15, -0.1) is 0 Å². The van der Waals surface area contributed by atoms with Gasteiger partial charge in [-0.05, 0) is 25.8 Å². The summed E-state index contributed by atoms with van der Waals surface area (Å²) < 4.78 is 28.3. The van der Waals surface area contributed by atoms with Gasteiger partial charge in [0, 0.05) is 19.7 Å². The van der Waals surface area contributed by atoms with Crippen LogP contribution < -0.4 is 5.32 Å². The third-order valence-corrected chi connectivity index (χ3v) is 5.83. The Labute approximate surface area is 120 Å². The van der Waals surface area contributed by atoms with Crippen LogP contribution in [0.2, 0.25) is 0 Å². The molecule has 1 N–H and O–H groups in total. The summed E-state index contributed by atoms with van der Waals surface area (Å²) in [6, 6.07) is -0.352. The summed E-state index contributed by atoms with van der Waals surface area (Å²) in [6.07, 6.45) is 3.52. The largest absolute Gasteiger partial charge is 0.383 e. The summed E-state index contributed by atoms with van der Waals surface area (Å²) in [5.41, 5.74) is 0. The molecule has 0 radical (unpaired) electrons. The predicted octanol–water partition coefficient (Wildman–Crippen LogP) is -0.209. The molecule has 2 aliphatic rings. The van der Waals surface area contributed by atoms with Crippen LogP contribution >= 0.6 is 0 Å². The number of nitrogens with zero attached hydrogens (tertiary/aromatic N) is 1. The van der Waals surface area contributed by atoms with Gasteiger partial charge in [-0.2, -0.15) is 0 Å². The molecular weight excluding hydrogens is 280 g/mol. The monoisotopic (exact) mass is 304 g/mol. The van der Waals surface area contributed by atoms with Crippen LogP contribution in [0.15, 0.2) is 0 Å². The van der Waals surface area contributed by atoms with Crippen molar-refractivity contribution < 1.29 is 17.9 Å². The lowest BCUT2D eigenvalue weighted by Gasteiger charge is -2.33. The standard InChI is InChI=1S/C13H24N2O4S/c1-19-8-7-15(11-5-9-20(17,18)10-11)13(16)12-4-2-3-6-14-12/h11-12,14H,2-10H2,1H3/t11?,12-/m0/s1. The highest BCUT2D eigenvalue weighted by Crippen LogP contribution is 2.20. The number of rotatable bonds is 5. The number of hydrogen-bond donors (Lipinski definition) is 1. The Hall–Kier alpha value is -0.660. The summed E-state index contributed by atoms with van der Waals surface area (Å²) in [6.45, 7) is 1.76. The molecule has 2 atom stereocenters. The first-order valence-corrected chi connectivity index (χ1v) is 9.09. The minimum atomic E-state index is -2.98. The molecule has 0 aliphatic carbocycles. The third-order valence-electron chi connectivity index (χ3n) is 4.08. The number of hydrogen-bond acceptors (Lipinski definition) is 5. The van der Waals surface area contributed by atoms with E-state index in [2.05, 4.69) is 5.32 Å². The van der Waals surface area contributed by atoms with Gasteiger partial charge in [-0.1, -0.05) is 6.42 Å². The van der Waals surface area contributed by atoms with Crippen molar-refractivity contribution in [2.24, 2.45) is 0 Å². The minimum absolute atomic E-state index is 0.0313. The first kappa shape index (κ1) is 15.7. The zero-order chi connectivity index (χ0) is 14.6. The lowest BCUT2D eigenvalue weighted by Crippen LogP contribution is -2.53. The molecule has 0 bridgehead atoms. The first-order chi connectivity index (χ1) is 9.53. The molecule has 0 spiro atoms. The predicted molar refractivity (Wildman–Crippen MR) is 76.3 cm³/mol. The molecule has 1 amide bonds. The second kappa shape index (κ2) is 6.87. The quantitative estimate of drug-likeness (QED) is 0.761. The highest BCUT2D eigenvalue weighted by atomic mass is 32.2. The Morgan fingerprint density at radius 2 is 2.15 bits per heavy atom. The molecule has 0 aromatic carbocycles. The average molecular weight is 304 g/mol. The number of carbonyl (C=O) groups is 1. The van der Waals surface area contributed by atoms with Crippen LogP contribution in [0.1, 0.15) is 25.7 Å². The van der Waals surface area contributed by atoms with Gasteiger partial charge >= 0.3 is 0 Å². The molecule has 1 unspecified atom stereocenters. The van der Waals surface area contributed by atoms with Crippen molar-refractivity contribution >= 4 is 15.7 Å². The van der Waals surface area contributed by atoms with Crippen molar-refractivity contribution in [2.45, 2.75) is 37.8 Å². The number of amides is 1. The zero-order valence-electron chi connectivity index (χ0n) is 12.0. The van der Waals surface area contributed by atoms with Crippen molar-refractivity contribution in [3.05, 3.63) is 0 Å². The van der Waals surface area contributed by atoms with Gasteiger partial charge in [0.15, 0.2) is 9.84 Å². The fourth-order valence-electron chi connectivity index (χ4n) is 2.95. The lowest BCUT2D eigenvalue weighted by atomic mass is 10.0. The maximum absolute atomic E-state index is 12.6. The number of sulfone groups is 1. The van der Waals surface area contributed by atoms with Gasteiger partial charge in [0.25, 0.3) is 0 Å². The molecule has 0 saturated carbocycles. The summed E-state index contributed by atoms with van der Waals surface area (Å²) in [5.74, 6) is 0.311. The van der Waals surface area contributed by atoms with Crippen molar-refractivity contribution in [1.29, 1.82) is 0 Å². The van der Waals surface area contributed by atoms with Gasteiger partial charge in [-0.25, -0.2) is 8.42 Å². The SMILES string of the molecule is COCCN(C(=O)[C@@H]1CCCCN1)C1CCS(=O)(=O)C1. The highest BCUT2D eigenvalue weighted by Gasteiger charge is 2.36. The van der Waals surface area contributed by atoms with E-state index in [-0.39, 0.29) is 29.5 Å². The van der Waals surface area contributed by atoms with Gasteiger partial charge in [0.05, 0.1) is 24.2 Å². The first-order valence-electron chi connectivity index (χ1n) is 7.27. The molecule has 116 valence electrons. The van der Waals surface area contributed by atoms with Crippen LogP contribution in [0.5, 0.6) is 0 Å². The van der Waals surface area contributed by atoms with E-state index in [9.17, 15) is 13.2 Å². The Balaban J connectivity index is 2.04. The summed E-state index contributed by atoms with van der Waals surface area (Å²) in [4.78, 5) is 14.3. The number of nitrogens with one attached hydrogen (secondary N) is 1. The van der Waals surface area contributed by atoms with E-state index in [1.807, 2.05) is 0 Å². The Morgan fingerprint density at radius 3 is 2.70 bits per heavy atom. The molecule has 2 fully saturated rings. The third kappa shape index (κ3) is 3.93. The van der Waals surface area contributed by atoms with Crippen LogP contribution in [0.3, 0.4) is 0 Å². The van der Waals surface area contributed by atoms with Gasteiger partial charge in [0.1, 0.15) is 0 Å². The molecule has 2 rings (SSSR count). The van der Waals surface area contributed by atoms with Crippen LogP contribution in [-0.4, -0.2) is 69.6 Å². The van der Waals surface area contributed by atoms with Crippen molar-refractivity contribution in [2.75, 3.05) is 38.3 Å². The van der Waals surface area contributed by atoms with E-state index >= 15 is 0 Å². The molecule has 0 aromatic rings. The average Bonchev–Trinajstić information content (AvgIpc) is 2.80. The fourth-order valence-corrected chi connectivity index (χ4v) is 4.68. The number of piperidine rings is 1. The summed E-state index contributed by atoms with van der Waals surface area (Å²) in [7, 11) is -1.39. The lowest BCUT2D eigenvalue weighted by molar-refractivity contribution is -0.136. The molecule has 6 nitrogen and oxygen atoms in total. The highest BCUT2D eigenvalue weighted by molar-refractivity contribution is 7.91. The minimum Gasteiger partial charge on any atom is -0.383 e. The Morgan fingerprint density at radius 1 is 1.35 bits per heavy atom. The Kier molecular flexibility index (Phi) is 5.40. The molecule has 7 heteroatoms. The van der Waals surface area contributed by atoms with Crippen LogP contribution in [0, 0.1) is 0 Å². The fraction of sp³-hybridized carbons (Fsp3) is 0.923. The van der Waals surface area contributed by atoms with Crippen LogP contribution in [-0.2, 0) is 19.4 Å². The number of methoxy groups -OCH3 is 1.